The fourth-order valence-corrected chi connectivity index (χ4v) is 12.7. The number of carbonyl (C=O) groups excluding carboxylic acids is 7. The predicted molar refractivity (Wildman–Crippen MR) is 312 cm³/mol. The van der Waals surface area contributed by atoms with E-state index < -0.39 is 80.5 Å². The molecule has 2 aromatic carbocycles. The summed E-state index contributed by atoms with van der Waals surface area (Å²) < 4.78 is 0. The second-order valence-electron chi connectivity index (χ2n) is 24.1. The van der Waals surface area contributed by atoms with Crippen molar-refractivity contribution >= 4 is 77.1 Å². The number of allylic oxidation sites excluding steroid dienone is 1. The number of rotatable bonds is 30. The van der Waals surface area contributed by atoms with Crippen molar-refractivity contribution in [2.45, 2.75) is 183 Å². The number of amides is 6. The van der Waals surface area contributed by atoms with E-state index in [9.17, 15) is 43.8 Å². The number of fused-ring (bicyclic) bond motifs is 2. The number of hydrogen-bond acceptors (Lipinski definition) is 11. The molecule has 2 aromatic rings. The number of benzene rings is 2. The molecule has 1 heterocycles. The van der Waals surface area contributed by atoms with Gasteiger partial charge in [0.1, 0.15) is 26.2 Å². The number of unbranched alkanes of at least 4 members (excludes halogenated alkanes) is 2. The summed E-state index contributed by atoms with van der Waals surface area (Å²) >= 11 is 0. The summed E-state index contributed by atoms with van der Waals surface area (Å²) in [6.45, 7) is 25.1. The molecule has 0 saturated heterocycles. The van der Waals surface area contributed by atoms with E-state index in [4.69, 9.17) is 0 Å². The zero-order valence-electron chi connectivity index (χ0n) is 49.5. The van der Waals surface area contributed by atoms with Gasteiger partial charge in [0.2, 0.25) is 35.4 Å². The molecule has 1 aliphatic heterocycles. The molecule has 3 rings (SSSR count). The van der Waals surface area contributed by atoms with Crippen LogP contribution in [0.4, 0.5) is 11.4 Å². The van der Waals surface area contributed by atoms with Crippen molar-refractivity contribution in [2.24, 2.45) is 29.6 Å². The van der Waals surface area contributed by atoms with Gasteiger partial charge in [0, 0.05) is 63.7 Å². The smallest absolute Gasteiger partial charge is 0.243 e. The van der Waals surface area contributed by atoms with Gasteiger partial charge in [0.05, 0.1) is 37.1 Å². The van der Waals surface area contributed by atoms with Gasteiger partial charge in [-0.1, -0.05) is 94.5 Å². The lowest BCUT2D eigenvalue weighted by Gasteiger charge is -2.35. The fraction of sp³-hybridized carbons (Fsp3) is 0.644. The van der Waals surface area contributed by atoms with Gasteiger partial charge in [-0.05, 0) is 115 Å². The third-order valence-corrected chi connectivity index (χ3v) is 17.6. The molecule has 0 fully saturated rings. The number of anilines is 2. The monoisotopic (exact) mass is 1090 g/mol. The molecule has 0 radical (unpaired) electrons. The van der Waals surface area contributed by atoms with Crippen LogP contribution in [-0.2, 0) is 28.8 Å². The molecule has 1 unspecified atom stereocenters. The molecule has 0 bridgehead atoms. The van der Waals surface area contributed by atoms with Gasteiger partial charge in [-0.2, -0.15) is 0 Å². The largest absolute Gasteiger partial charge is 0.390 e. The number of nitrogens with one attached hydrogen (secondary N) is 6. The van der Waals surface area contributed by atoms with Crippen molar-refractivity contribution in [2.75, 3.05) is 44.5 Å². The van der Waals surface area contributed by atoms with Crippen molar-refractivity contribution in [3.05, 3.63) is 53.1 Å². The lowest BCUT2D eigenvalue weighted by atomic mass is 9.95. The fourth-order valence-electron chi connectivity index (χ4n) is 9.65. The Kier molecular flexibility index (Phi) is 25.6. The van der Waals surface area contributed by atoms with Gasteiger partial charge in [-0.3, -0.25) is 33.6 Å². The normalized spacial score (nSPS) is 15.8. The van der Waals surface area contributed by atoms with Gasteiger partial charge >= 0.3 is 0 Å². The molecule has 430 valence electrons. The topological polar surface area (TPSA) is 239 Å². The van der Waals surface area contributed by atoms with Gasteiger partial charge in [-0.25, -0.2) is 0 Å². The third-order valence-electron chi connectivity index (χ3n) is 14.1. The Hall–Kier alpha value is -5.59. The van der Waals surface area contributed by atoms with Crippen molar-refractivity contribution < 1.29 is 43.8 Å². The predicted octanol–water partition coefficient (Wildman–Crippen LogP) is 4.88. The molecule has 17 nitrogen and oxygen atoms in total. The molecule has 8 N–H and O–H groups in total. The van der Waals surface area contributed by atoms with Crippen LogP contribution in [0, 0.1) is 29.6 Å². The van der Waals surface area contributed by atoms with E-state index in [1.807, 2.05) is 87.9 Å². The van der Waals surface area contributed by atoms with Crippen molar-refractivity contribution in [3.8, 4) is 0 Å². The Morgan fingerprint density at radius 3 is 1.62 bits per heavy atom. The summed E-state index contributed by atoms with van der Waals surface area (Å²) in [5, 5.41) is 41.7. The maximum absolute atomic E-state index is 14.1. The Morgan fingerprint density at radius 2 is 1.09 bits per heavy atom. The first-order chi connectivity index (χ1) is 35.8. The number of carbonyl (C=O) groups is 7. The summed E-state index contributed by atoms with van der Waals surface area (Å²) in [6, 6.07) is 5.80. The van der Waals surface area contributed by atoms with Gasteiger partial charge < -0.3 is 51.9 Å². The van der Waals surface area contributed by atoms with E-state index in [1.54, 1.807) is 27.7 Å². The highest BCUT2D eigenvalue weighted by Crippen LogP contribution is 2.29. The SMILES string of the molecule is CC(C)CC(=O)N[C@H](C(=O)NC(C(=O)N[C@@H](CC(C)C)[C@@H](O)CC(=O)N[C@@H](C)C(=O)N[C@@H](CC(C)C)[C@@H](O)CC(=O)NCCCC/C=C/c1cc(N(C)C)cc2c1C(=O)c1ccc(N(C)C)cc1[Si]2(C)C)C(C)C)C(C)C. The summed E-state index contributed by atoms with van der Waals surface area (Å²) in [5.41, 5.74) is 4.57. The Bertz CT molecular complexity index is 2380. The summed E-state index contributed by atoms with van der Waals surface area (Å²) in [6.07, 6.45) is 3.98. The molecule has 7 atom stereocenters. The molecule has 0 aliphatic carbocycles. The van der Waals surface area contributed by atoms with E-state index in [-0.39, 0.29) is 60.0 Å². The van der Waals surface area contributed by atoms with Crippen LogP contribution in [0.1, 0.15) is 149 Å². The second-order valence-corrected chi connectivity index (χ2v) is 28.4. The Morgan fingerprint density at radius 1 is 0.584 bits per heavy atom. The van der Waals surface area contributed by atoms with Crippen molar-refractivity contribution in [1.82, 2.24) is 31.9 Å². The number of aliphatic hydroxyl groups is 2. The standard InChI is InChI=1S/C59H96N8O9Si/c1-34(2)26-44(62-57(74)39(11)61-52(72)33-47(69)45(27-35(3)4)63-58(75)55(38(9)10)65-59(76)54(37(7)8)64-51(71)28-36(5)6)46(68)32-50(70)60-25-21-19-18-20-22-40-29-42(67(14)15)31-49-53(40)56(73)43-24-23-41(66(12)13)30-48(43)77(49,16)17/h20,22-24,29-31,34-39,44-47,54-55,68-69H,18-19,21,25-28,32-33H2,1-17H3,(H,60,70)(H,61,72)(H,62,74)(H,63,75)(H,64,71)(H,65,76)/b22-20+/t39-,44-,45-,46-,47-,54-,55?/m0/s1. The number of nitrogens with zero attached hydrogens (tertiary/aromatic N) is 2. The van der Waals surface area contributed by atoms with Crippen LogP contribution < -0.4 is 52.1 Å². The molecule has 0 saturated carbocycles. The zero-order chi connectivity index (χ0) is 58.2. The zero-order valence-corrected chi connectivity index (χ0v) is 50.5. The van der Waals surface area contributed by atoms with E-state index in [0.717, 1.165) is 51.3 Å². The molecular formula is C59H96N8O9Si. The first kappa shape index (κ1) is 65.7. The lowest BCUT2D eigenvalue weighted by molar-refractivity contribution is -0.134. The highest BCUT2D eigenvalue weighted by atomic mass is 28.3. The molecule has 6 amide bonds. The molecule has 0 aromatic heterocycles. The third kappa shape index (κ3) is 19.7. The van der Waals surface area contributed by atoms with Crippen LogP contribution in [0.2, 0.25) is 13.1 Å². The van der Waals surface area contributed by atoms with Crippen LogP contribution in [0.15, 0.2) is 36.4 Å². The van der Waals surface area contributed by atoms with E-state index >= 15 is 0 Å². The molecule has 77 heavy (non-hydrogen) atoms. The molecular weight excluding hydrogens is 993 g/mol. The summed E-state index contributed by atoms with van der Waals surface area (Å²) in [5.74, 6) is -3.34. The van der Waals surface area contributed by atoms with Crippen LogP contribution in [-0.4, -0.2) is 137 Å². The Labute approximate surface area is 461 Å². The van der Waals surface area contributed by atoms with Gasteiger partial charge in [-0.15, -0.1) is 0 Å². The first-order valence-electron chi connectivity index (χ1n) is 27.9. The summed E-state index contributed by atoms with van der Waals surface area (Å²) in [7, 11) is 5.78. The molecule has 18 heteroatoms. The first-order valence-corrected chi connectivity index (χ1v) is 30.9. The number of hydrogen-bond donors (Lipinski definition) is 8. The molecule has 1 aliphatic rings. The van der Waals surface area contributed by atoms with Crippen LogP contribution in [0.5, 0.6) is 0 Å². The minimum atomic E-state index is -2.25. The number of aliphatic hydroxyl groups excluding tert-OH is 2. The van der Waals surface area contributed by atoms with Crippen molar-refractivity contribution in [3.63, 3.8) is 0 Å². The highest BCUT2D eigenvalue weighted by Gasteiger charge is 2.41. The van der Waals surface area contributed by atoms with Crippen molar-refractivity contribution in [1.29, 1.82) is 0 Å². The number of ketones is 1. The van der Waals surface area contributed by atoms with Crippen LogP contribution >= 0.6 is 0 Å². The second kappa shape index (κ2) is 30.0. The van der Waals surface area contributed by atoms with Gasteiger partial charge in [0.15, 0.2) is 5.78 Å². The van der Waals surface area contributed by atoms with Crippen LogP contribution in [0.25, 0.3) is 6.08 Å². The minimum absolute atomic E-state index is 0.000394. The average molecular weight is 1090 g/mol. The van der Waals surface area contributed by atoms with E-state index in [0.29, 0.717) is 25.8 Å². The summed E-state index contributed by atoms with van der Waals surface area (Å²) in [4.78, 5) is 98.0. The van der Waals surface area contributed by atoms with E-state index in [1.165, 1.54) is 6.92 Å². The van der Waals surface area contributed by atoms with E-state index in [2.05, 4.69) is 79.1 Å². The highest BCUT2D eigenvalue weighted by molar-refractivity contribution is 7.02. The van der Waals surface area contributed by atoms with Gasteiger partial charge in [0.25, 0.3) is 0 Å². The Balaban J connectivity index is 1.56. The average Bonchev–Trinajstić information content (AvgIpc) is 3.31. The maximum Gasteiger partial charge on any atom is 0.243 e. The molecule has 0 spiro atoms. The quantitative estimate of drug-likeness (QED) is 0.0388. The lowest BCUT2D eigenvalue weighted by Crippen LogP contribution is -2.60. The minimum Gasteiger partial charge on any atom is -0.390 e. The maximum atomic E-state index is 14.1. The van der Waals surface area contributed by atoms with Crippen LogP contribution in [0.3, 0.4) is 0 Å².